The molecule has 0 radical (unpaired) electrons. The van der Waals surface area contributed by atoms with Gasteiger partial charge in [-0.1, -0.05) is 29.4 Å². The predicted octanol–water partition coefficient (Wildman–Crippen LogP) is 3.13. The number of nitrogens with zero attached hydrogens (tertiary/aromatic N) is 2. The molecular weight excluding hydrogens is 341 g/mol. The number of nitrogens with one attached hydrogen (secondary N) is 1. The van der Waals surface area contributed by atoms with Crippen molar-refractivity contribution in [3.8, 4) is 11.4 Å². The standard InChI is InChI=1S/C13H10F5N3O3/c1-6(22)19-10(23-12(14)15)8-4-2-7(3-5-8)9-20-11(24-21-9)13(16,17)18/h2-5,10,12H,1H3,(H,19,22). The first-order valence-electron chi connectivity index (χ1n) is 6.39. The Kier molecular flexibility index (Phi) is 5.12. The van der Waals surface area contributed by atoms with Gasteiger partial charge in [-0.05, 0) is 0 Å². The number of ether oxygens (including phenoxy) is 1. The molecule has 0 bridgehead atoms. The van der Waals surface area contributed by atoms with Gasteiger partial charge in [0.25, 0.3) is 0 Å². The van der Waals surface area contributed by atoms with Gasteiger partial charge in [-0.15, -0.1) is 0 Å². The zero-order chi connectivity index (χ0) is 17.9. The Bertz CT molecular complexity index is 700. The lowest BCUT2D eigenvalue weighted by Gasteiger charge is -2.18. The van der Waals surface area contributed by atoms with E-state index in [4.69, 9.17) is 0 Å². The zero-order valence-corrected chi connectivity index (χ0v) is 12.0. The fourth-order valence-electron chi connectivity index (χ4n) is 1.75. The maximum absolute atomic E-state index is 12.4. The van der Waals surface area contributed by atoms with Gasteiger partial charge < -0.3 is 9.84 Å². The Morgan fingerprint density at radius 2 is 1.88 bits per heavy atom. The minimum Gasteiger partial charge on any atom is -0.329 e. The highest BCUT2D eigenvalue weighted by molar-refractivity contribution is 5.73. The third-order valence-electron chi connectivity index (χ3n) is 2.71. The van der Waals surface area contributed by atoms with Crippen molar-refractivity contribution in [2.75, 3.05) is 0 Å². The van der Waals surface area contributed by atoms with Crippen LogP contribution in [0.2, 0.25) is 0 Å². The van der Waals surface area contributed by atoms with Crippen molar-refractivity contribution in [2.45, 2.75) is 25.9 Å². The molecule has 0 saturated carbocycles. The van der Waals surface area contributed by atoms with Gasteiger partial charge in [0.1, 0.15) is 0 Å². The highest BCUT2D eigenvalue weighted by Crippen LogP contribution is 2.29. The molecule has 11 heteroatoms. The summed E-state index contributed by atoms with van der Waals surface area (Å²) in [6.07, 6.45) is -6.18. The maximum Gasteiger partial charge on any atom is 0.471 e. The topological polar surface area (TPSA) is 77.2 Å². The number of rotatable bonds is 5. The molecule has 1 amide bonds. The summed E-state index contributed by atoms with van der Waals surface area (Å²) in [6, 6.07) is 5.12. The number of aromatic nitrogens is 2. The highest BCUT2D eigenvalue weighted by Gasteiger charge is 2.38. The van der Waals surface area contributed by atoms with Gasteiger partial charge in [-0.2, -0.15) is 26.9 Å². The van der Waals surface area contributed by atoms with E-state index < -0.39 is 30.8 Å². The van der Waals surface area contributed by atoms with E-state index in [-0.39, 0.29) is 17.0 Å². The minimum atomic E-state index is -4.77. The number of carbonyl (C=O) groups is 1. The van der Waals surface area contributed by atoms with E-state index >= 15 is 0 Å². The van der Waals surface area contributed by atoms with Crippen LogP contribution in [0.5, 0.6) is 0 Å². The van der Waals surface area contributed by atoms with Crippen LogP contribution in [0, 0.1) is 0 Å². The number of amides is 1. The molecule has 0 saturated heterocycles. The Balaban J connectivity index is 2.22. The van der Waals surface area contributed by atoms with E-state index in [2.05, 4.69) is 24.7 Å². The Labute approximate surface area is 131 Å². The number of hydrogen-bond donors (Lipinski definition) is 1. The monoisotopic (exact) mass is 351 g/mol. The van der Waals surface area contributed by atoms with Gasteiger partial charge in [0, 0.05) is 18.1 Å². The van der Waals surface area contributed by atoms with Gasteiger partial charge in [0.15, 0.2) is 6.23 Å². The Morgan fingerprint density at radius 1 is 1.25 bits per heavy atom. The molecule has 1 N–H and O–H groups in total. The normalized spacial score (nSPS) is 13.1. The van der Waals surface area contributed by atoms with Crippen molar-refractivity contribution in [3.63, 3.8) is 0 Å². The molecule has 1 aromatic heterocycles. The van der Waals surface area contributed by atoms with Crippen LogP contribution < -0.4 is 5.32 Å². The Hall–Kier alpha value is -2.56. The Morgan fingerprint density at radius 3 is 2.33 bits per heavy atom. The van der Waals surface area contributed by atoms with Crippen molar-refractivity contribution >= 4 is 5.91 Å². The number of alkyl halides is 5. The zero-order valence-electron chi connectivity index (χ0n) is 12.0. The second-order valence-electron chi connectivity index (χ2n) is 4.52. The van der Waals surface area contributed by atoms with Crippen molar-refractivity contribution in [1.29, 1.82) is 0 Å². The maximum atomic E-state index is 12.4. The summed E-state index contributed by atoms with van der Waals surface area (Å²) in [5.41, 5.74) is 0.324. The molecule has 6 nitrogen and oxygen atoms in total. The summed E-state index contributed by atoms with van der Waals surface area (Å²) in [5, 5.41) is 5.37. The fraction of sp³-hybridized carbons (Fsp3) is 0.308. The van der Waals surface area contributed by atoms with E-state index in [9.17, 15) is 26.7 Å². The van der Waals surface area contributed by atoms with Gasteiger partial charge >= 0.3 is 18.7 Å². The molecule has 1 heterocycles. The van der Waals surface area contributed by atoms with Gasteiger partial charge in [-0.25, -0.2) is 0 Å². The third-order valence-corrected chi connectivity index (χ3v) is 2.71. The van der Waals surface area contributed by atoms with Crippen LogP contribution in [-0.2, 0) is 15.7 Å². The molecule has 0 aliphatic rings. The van der Waals surface area contributed by atoms with E-state index in [0.29, 0.717) is 0 Å². The quantitative estimate of drug-likeness (QED) is 0.662. The molecule has 1 atom stereocenters. The summed E-state index contributed by atoms with van der Waals surface area (Å²) in [7, 11) is 0. The molecule has 0 fully saturated rings. The largest absolute Gasteiger partial charge is 0.471 e. The van der Waals surface area contributed by atoms with E-state index in [1.54, 1.807) is 0 Å². The van der Waals surface area contributed by atoms with Crippen LogP contribution in [0.1, 0.15) is 24.6 Å². The van der Waals surface area contributed by atoms with Crippen LogP contribution in [0.15, 0.2) is 28.8 Å². The third kappa shape index (κ3) is 4.47. The number of benzene rings is 1. The summed E-state index contributed by atoms with van der Waals surface area (Å²) in [5.74, 6) is -2.42. The van der Waals surface area contributed by atoms with Crippen molar-refractivity contribution in [2.24, 2.45) is 0 Å². The molecule has 1 aromatic carbocycles. The van der Waals surface area contributed by atoms with E-state index in [0.717, 1.165) is 6.92 Å². The first kappa shape index (κ1) is 17.8. The van der Waals surface area contributed by atoms with E-state index in [1.807, 2.05) is 0 Å². The fourth-order valence-corrected chi connectivity index (χ4v) is 1.75. The average molecular weight is 351 g/mol. The van der Waals surface area contributed by atoms with Crippen LogP contribution in [0.25, 0.3) is 11.4 Å². The van der Waals surface area contributed by atoms with Crippen LogP contribution in [-0.4, -0.2) is 22.7 Å². The lowest BCUT2D eigenvalue weighted by atomic mass is 10.1. The molecular formula is C13H10F5N3O3. The minimum absolute atomic E-state index is 0.161. The first-order valence-corrected chi connectivity index (χ1v) is 6.39. The van der Waals surface area contributed by atoms with Gasteiger partial charge in [-0.3, -0.25) is 9.53 Å². The highest BCUT2D eigenvalue weighted by atomic mass is 19.4. The van der Waals surface area contributed by atoms with Gasteiger partial charge in [0.2, 0.25) is 11.7 Å². The molecule has 2 rings (SSSR count). The molecule has 130 valence electrons. The molecule has 2 aromatic rings. The van der Waals surface area contributed by atoms with Crippen LogP contribution in [0.3, 0.4) is 0 Å². The second kappa shape index (κ2) is 6.91. The summed E-state index contributed by atoms with van der Waals surface area (Å²) >= 11 is 0. The summed E-state index contributed by atoms with van der Waals surface area (Å²) in [6.45, 7) is -2.01. The molecule has 0 aliphatic carbocycles. The molecule has 24 heavy (non-hydrogen) atoms. The average Bonchev–Trinajstić information content (AvgIpc) is 2.95. The number of hydrogen-bond acceptors (Lipinski definition) is 5. The second-order valence-corrected chi connectivity index (χ2v) is 4.52. The summed E-state index contributed by atoms with van der Waals surface area (Å²) < 4.78 is 70.3. The first-order chi connectivity index (χ1) is 11.2. The van der Waals surface area contributed by atoms with Crippen molar-refractivity contribution < 1.29 is 36.0 Å². The van der Waals surface area contributed by atoms with Crippen LogP contribution in [0.4, 0.5) is 22.0 Å². The van der Waals surface area contributed by atoms with E-state index in [1.165, 1.54) is 24.3 Å². The summed E-state index contributed by atoms with van der Waals surface area (Å²) in [4.78, 5) is 14.2. The lowest BCUT2D eigenvalue weighted by Crippen LogP contribution is -2.29. The molecule has 0 spiro atoms. The lowest BCUT2D eigenvalue weighted by molar-refractivity contribution is -0.176. The SMILES string of the molecule is CC(=O)NC(OC(F)F)c1ccc(-c2noc(C(F)(F)F)n2)cc1. The van der Waals surface area contributed by atoms with Gasteiger partial charge in [0.05, 0.1) is 0 Å². The number of carbonyl (C=O) groups excluding carboxylic acids is 1. The van der Waals surface area contributed by atoms with Crippen molar-refractivity contribution in [3.05, 3.63) is 35.7 Å². The number of halogens is 5. The predicted molar refractivity (Wildman–Crippen MR) is 68.4 cm³/mol. The van der Waals surface area contributed by atoms with Crippen molar-refractivity contribution in [1.82, 2.24) is 15.5 Å². The molecule has 1 unspecified atom stereocenters. The molecule has 0 aliphatic heterocycles. The smallest absolute Gasteiger partial charge is 0.329 e. The van der Waals surface area contributed by atoms with Crippen LogP contribution >= 0.6 is 0 Å².